The van der Waals surface area contributed by atoms with E-state index in [0.29, 0.717) is 26.4 Å². The van der Waals surface area contributed by atoms with Gasteiger partial charge in [0, 0.05) is 0 Å². The molecule has 0 saturated carbocycles. The molecule has 202 valence electrons. The summed E-state index contributed by atoms with van der Waals surface area (Å²) in [5.41, 5.74) is 3.20. The number of ether oxygens (including phenoxy) is 4. The van der Waals surface area contributed by atoms with Crippen LogP contribution < -0.4 is 4.46 Å². The van der Waals surface area contributed by atoms with Crippen LogP contribution in [0.4, 0.5) is 0 Å². The summed E-state index contributed by atoms with van der Waals surface area (Å²) in [5.74, 6) is 0. The van der Waals surface area contributed by atoms with Crippen molar-refractivity contribution in [1.82, 2.24) is 0 Å². The van der Waals surface area contributed by atoms with Gasteiger partial charge in [0.15, 0.2) is 0 Å². The molecule has 0 unspecified atom stereocenters. The maximum atomic E-state index is 11.5. The molecule has 1 heterocycles. The van der Waals surface area contributed by atoms with Gasteiger partial charge in [-0.25, -0.2) is 0 Å². The SMILES string of the molecule is O[C@@H]1[C@@H](OCc2ccccc2)[C@@H]([C@@H](COCc2ccccc2)OCc2ccccc2)O[C@H]1[Se]c1ccccc1. The van der Waals surface area contributed by atoms with Crippen LogP contribution in [-0.2, 0) is 38.8 Å². The average molecular weight is 590 g/mol. The third-order valence-corrected chi connectivity index (χ3v) is 9.03. The topological polar surface area (TPSA) is 57.2 Å². The van der Waals surface area contributed by atoms with Crippen molar-refractivity contribution in [3.63, 3.8) is 0 Å². The summed E-state index contributed by atoms with van der Waals surface area (Å²) in [6, 6.07) is 40.3. The quantitative estimate of drug-likeness (QED) is 0.233. The number of hydrogen-bond acceptors (Lipinski definition) is 5. The van der Waals surface area contributed by atoms with Crippen molar-refractivity contribution < 1.29 is 24.1 Å². The minimum absolute atomic E-state index is 0.0986. The second-order valence-electron chi connectivity index (χ2n) is 9.49. The van der Waals surface area contributed by atoms with E-state index in [2.05, 4.69) is 12.1 Å². The molecule has 0 bridgehead atoms. The van der Waals surface area contributed by atoms with Gasteiger partial charge in [0.05, 0.1) is 0 Å². The van der Waals surface area contributed by atoms with E-state index in [4.69, 9.17) is 18.9 Å². The van der Waals surface area contributed by atoms with Crippen LogP contribution in [0.3, 0.4) is 0 Å². The number of benzene rings is 4. The van der Waals surface area contributed by atoms with Gasteiger partial charge in [-0.1, -0.05) is 0 Å². The zero-order valence-corrected chi connectivity index (χ0v) is 23.5. The second-order valence-corrected chi connectivity index (χ2v) is 11.9. The molecule has 1 aliphatic heterocycles. The summed E-state index contributed by atoms with van der Waals surface area (Å²) in [7, 11) is 0. The van der Waals surface area contributed by atoms with Crippen molar-refractivity contribution in [3.8, 4) is 0 Å². The predicted molar refractivity (Wildman–Crippen MR) is 153 cm³/mol. The first-order chi connectivity index (χ1) is 19.3. The van der Waals surface area contributed by atoms with Gasteiger partial charge in [-0.3, -0.25) is 0 Å². The molecule has 1 aliphatic rings. The Hall–Kier alpha value is -2.80. The molecule has 0 radical (unpaired) electrons. The summed E-state index contributed by atoms with van der Waals surface area (Å²) < 4.78 is 26.7. The van der Waals surface area contributed by atoms with Crippen LogP contribution in [0.15, 0.2) is 121 Å². The molecule has 0 amide bonds. The van der Waals surface area contributed by atoms with Crippen LogP contribution in [0, 0.1) is 0 Å². The van der Waals surface area contributed by atoms with E-state index in [-0.39, 0.29) is 20.0 Å². The fourth-order valence-corrected chi connectivity index (χ4v) is 6.76. The Kier molecular flexibility index (Phi) is 10.4. The zero-order chi connectivity index (χ0) is 26.7. The summed E-state index contributed by atoms with van der Waals surface area (Å²) >= 11 is -0.0986. The standard InChI is InChI=1S/C33H34O5Se/c34-30-32(37-23-27-17-9-3-10-18-27)31(38-33(30)39-28-19-11-4-12-20-28)29(36-22-26-15-7-2-8-16-26)24-35-21-25-13-5-1-6-14-25/h1-20,29-34H,21-24H2/t29-,30-,31-,32-,33+/m1/s1. The van der Waals surface area contributed by atoms with Crippen LogP contribution in [-0.4, -0.2) is 56.1 Å². The first kappa shape index (κ1) is 27.8. The van der Waals surface area contributed by atoms with E-state index < -0.39 is 24.4 Å². The van der Waals surface area contributed by atoms with Crippen LogP contribution in [0.25, 0.3) is 0 Å². The normalized spacial score (nSPS) is 21.6. The van der Waals surface area contributed by atoms with Crippen molar-refractivity contribution >= 4 is 19.4 Å². The Morgan fingerprint density at radius 1 is 0.667 bits per heavy atom. The van der Waals surface area contributed by atoms with Crippen molar-refractivity contribution in [2.45, 2.75) is 49.2 Å². The van der Waals surface area contributed by atoms with Gasteiger partial charge >= 0.3 is 237 Å². The Balaban J connectivity index is 1.34. The molecule has 1 saturated heterocycles. The van der Waals surface area contributed by atoms with Crippen LogP contribution in [0.1, 0.15) is 16.7 Å². The van der Waals surface area contributed by atoms with E-state index >= 15 is 0 Å². The summed E-state index contributed by atoms with van der Waals surface area (Å²) in [4.78, 5) is 0. The molecule has 1 fully saturated rings. The van der Waals surface area contributed by atoms with E-state index in [1.54, 1.807) is 0 Å². The van der Waals surface area contributed by atoms with Crippen LogP contribution in [0.5, 0.6) is 0 Å². The van der Waals surface area contributed by atoms with Gasteiger partial charge in [-0.15, -0.1) is 0 Å². The van der Waals surface area contributed by atoms with Gasteiger partial charge in [-0.05, 0) is 0 Å². The van der Waals surface area contributed by atoms with Gasteiger partial charge in [-0.2, -0.15) is 0 Å². The molecule has 1 N–H and O–H groups in total. The minimum atomic E-state index is -0.782. The van der Waals surface area contributed by atoms with E-state index in [1.165, 1.54) is 4.46 Å². The molecule has 5 rings (SSSR count). The monoisotopic (exact) mass is 590 g/mol. The molecule has 6 heteroatoms. The first-order valence-electron chi connectivity index (χ1n) is 13.2. The van der Waals surface area contributed by atoms with Gasteiger partial charge in [0.2, 0.25) is 0 Å². The molecule has 4 aromatic carbocycles. The predicted octanol–water partition coefficient (Wildman–Crippen LogP) is 4.49. The Bertz CT molecular complexity index is 1230. The molecule has 0 aliphatic carbocycles. The molecule has 4 aromatic rings. The molecule has 39 heavy (non-hydrogen) atoms. The number of hydrogen-bond donors (Lipinski definition) is 1. The van der Waals surface area contributed by atoms with E-state index in [9.17, 15) is 5.11 Å². The van der Waals surface area contributed by atoms with E-state index in [1.807, 2.05) is 109 Å². The molecular weight excluding hydrogens is 555 g/mol. The van der Waals surface area contributed by atoms with Crippen LogP contribution >= 0.6 is 0 Å². The maximum absolute atomic E-state index is 11.5. The fourth-order valence-electron chi connectivity index (χ4n) is 4.53. The molecular formula is C33H34O5Se. The van der Waals surface area contributed by atoms with Crippen LogP contribution in [0.2, 0.25) is 0 Å². The third-order valence-electron chi connectivity index (χ3n) is 6.58. The molecule has 0 aromatic heterocycles. The summed E-state index contributed by atoms with van der Waals surface area (Å²) in [6.45, 7) is 1.57. The van der Waals surface area contributed by atoms with Crippen molar-refractivity contribution in [2.75, 3.05) is 6.61 Å². The van der Waals surface area contributed by atoms with Crippen molar-refractivity contribution in [2.24, 2.45) is 0 Å². The van der Waals surface area contributed by atoms with Gasteiger partial charge in [0.1, 0.15) is 0 Å². The van der Waals surface area contributed by atoms with E-state index in [0.717, 1.165) is 16.7 Å². The summed E-state index contributed by atoms with van der Waals surface area (Å²) in [5, 5.41) is 11.1. The molecule has 5 nitrogen and oxygen atoms in total. The van der Waals surface area contributed by atoms with Crippen molar-refractivity contribution in [1.29, 1.82) is 0 Å². The zero-order valence-electron chi connectivity index (χ0n) is 21.8. The number of rotatable bonds is 13. The average Bonchev–Trinajstić information content (AvgIpc) is 3.30. The summed E-state index contributed by atoms with van der Waals surface area (Å²) in [6.07, 6.45) is -2.25. The fraction of sp³-hybridized carbons (Fsp3) is 0.273. The third kappa shape index (κ3) is 8.10. The second kappa shape index (κ2) is 14.5. The molecule has 0 spiro atoms. The van der Waals surface area contributed by atoms with Gasteiger partial charge in [0.25, 0.3) is 0 Å². The first-order valence-corrected chi connectivity index (χ1v) is 15.1. The number of aliphatic hydroxyl groups is 1. The Labute approximate surface area is 236 Å². The Morgan fingerprint density at radius 2 is 1.18 bits per heavy atom. The Morgan fingerprint density at radius 3 is 1.77 bits per heavy atom. The molecule has 5 atom stereocenters. The van der Waals surface area contributed by atoms with Gasteiger partial charge < -0.3 is 0 Å². The van der Waals surface area contributed by atoms with Crippen molar-refractivity contribution in [3.05, 3.63) is 138 Å². The number of aliphatic hydroxyl groups excluding tert-OH is 1.